The molecule has 2 aromatic carbocycles. The number of benzene rings is 2. The minimum Gasteiger partial charge on any atom is -0.433 e. The van der Waals surface area contributed by atoms with Gasteiger partial charge >= 0.3 is 5.97 Å². The highest BCUT2D eigenvalue weighted by Gasteiger charge is 2.46. The van der Waals surface area contributed by atoms with Crippen LogP contribution in [0.25, 0.3) is 0 Å². The minimum atomic E-state index is -0.846. The Bertz CT molecular complexity index is 938. The fourth-order valence-corrected chi connectivity index (χ4v) is 3.95. The molecule has 2 aliphatic rings. The van der Waals surface area contributed by atoms with Gasteiger partial charge in [-0.05, 0) is 43.0 Å². The largest absolute Gasteiger partial charge is 0.433 e. The second-order valence-electron chi connectivity index (χ2n) is 7.49. The Balaban J connectivity index is 1.50. The first-order valence-corrected chi connectivity index (χ1v) is 10.1. The van der Waals surface area contributed by atoms with Gasteiger partial charge in [0.2, 0.25) is 18.0 Å². The summed E-state index contributed by atoms with van der Waals surface area (Å²) in [7, 11) is 0. The Morgan fingerprint density at radius 3 is 2.66 bits per heavy atom. The lowest BCUT2D eigenvalue weighted by molar-refractivity contribution is -0.144. The third kappa shape index (κ3) is 3.75. The summed E-state index contributed by atoms with van der Waals surface area (Å²) in [5.74, 6) is -0.917. The average molecular weight is 392 g/mol. The Kier molecular flexibility index (Phi) is 5.34. The number of esters is 1. The van der Waals surface area contributed by atoms with Gasteiger partial charge in [-0.15, -0.1) is 0 Å². The SMILES string of the molecule is CCCCc1ccc(NC(=O)[C@@H]2CCC(=O)N2[C@H]2OC(=O)c3ccccc32)cc1. The molecule has 2 aliphatic heterocycles. The standard InChI is InChI=1S/C23H24N2O4/c1-2-3-6-15-9-11-16(12-10-15)24-21(27)19-13-14-20(26)25(19)22-17-7-4-5-8-18(17)23(28)29-22/h4-5,7-12,19,22H,2-3,6,13-14H2,1H3,(H,24,27)/t19-,22-/m0/s1. The molecule has 0 saturated carbocycles. The quantitative estimate of drug-likeness (QED) is 0.758. The predicted octanol–water partition coefficient (Wildman–Crippen LogP) is 3.83. The van der Waals surface area contributed by atoms with Gasteiger partial charge in [0, 0.05) is 17.7 Å². The normalized spacial score (nSPS) is 20.5. The lowest BCUT2D eigenvalue weighted by Crippen LogP contribution is -2.43. The van der Waals surface area contributed by atoms with Gasteiger partial charge in [0.25, 0.3) is 0 Å². The van der Waals surface area contributed by atoms with E-state index in [9.17, 15) is 14.4 Å². The summed E-state index contributed by atoms with van der Waals surface area (Å²) in [6, 6.07) is 14.1. The van der Waals surface area contributed by atoms with Crippen molar-refractivity contribution in [2.75, 3.05) is 5.32 Å². The second-order valence-corrected chi connectivity index (χ2v) is 7.49. The van der Waals surface area contributed by atoms with Crippen LogP contribution in [0.1, 0.15) is 60.3 Å². The van der Waals surface area contributed by atoms with E-state index < -0.39 is 18.2 Å². The van der Waals surface area contributed by atoms with Crippen LogP contribution in [0.3, 0.4) is 0 Å². The topological polar surface area (TPSA) is 75.7 Å². The number of amides is 2. The summed E-state index contributed by atoms with van der Waals surface area (Å²) >= 11 is 0. The fraction of sp³-hybridized carbons (Fsp3) is 0.348. The van der Waals surface area contributed by atoms with Crippen molar-refractivity contribution in [1.82, 2.24) is 4.90 Å². The van der Waals surface area contributed by atoms with Gasteiger partial charge in [-0.2, -0.15) is 0 Å². The molecule has 4 rings (SSSR count). The van der Waals surface area contributed by atoms with E-state index in [1.54, 1.807) is 24.3 Å². The predicted molar refractivity (Wildman–Crippen MR) is 108 cm³/mol. The van der Waals surface area contributed by atoms with E-state index in [1.807, 2.05) is 24.3 Å². The highest BCUT2D eigenvalue weighted by molar-refractivity contribution is 6.00. The number of cyclic esters (lactones) is 1. The van der Waals surface area contributed by atoms with Gasteiger partial charge in [0.1, 0.15) is 6.04 Å². The monoisotopic (exact) mass is 392 g/mol. The minimum absolute atomic E-state index is 0.186. The molecule has 2 aromatic rings. The number of rotatable bonds is 6. The molecule has 0 unspecified atom stereocenters. The summed E-state index contributed by atoms with van der Waals surface area (Å²) in [4.78, 5) is 39.0. The van der Waals surface area contributed by atoms with E-state index in [1.165, 1.54) is 10.5 Å². The van der Waals surface area contributed by atoms with E-state index in [0.717, 1.165) is 19.3 Å². The van der Waals surface area contributed by atoms with Crippen LogP contribution in [0.5, 0.6) is 0 Å². The summed E-state index contributed by atoms with van der Waals surface area (Å²) in [5, 5.41) is 2.90. The third-order valence-corrected chi connectivity index (χ3v) is 5.52. The van der Waals surface area contributed by atoms with Crippen LogP contribution in [-0.2, 0) is 20.7 Å². The molecule has 2 atom stereocenters. The van der Waals surface area contributed by atoms with Crippen LogP contribution in [0.15, 0.2) is 48.5 Å². The number of anilines is 1. The zero-order valence-electron chi connectivity index (χ0n) is 16.4. The number of carbonyl (C=O) groups is 3. The van der Waals surface area contributed by atoms with Gasteiger partial charge in [0.15, 0.2) is 0 Å². The maximum absolute atomic E-state index is 12.9. The Labute approximate surface area is 169 Å². The van der Waals surface area contributed by atoms with Crippen molar-refractivity contribution in [2.24, 2.45) is 0 Å². The number of hydrogen-bond donors (Lipinski definition) is 1. The van der Waals surface area contributed by atoms with Crippen LogP contribution >= 0.6 is 0 Å². The molecule has 1 saturated heterocycles. The van der Waals surface area contributed by atoms with Crippen LogP contribution < -0.4 is 5.32 Å². The first-order chi connectivity index (χ1) is 14.1. The van der Waals surface area contributed by atoms with E-state index in [0.29, 0.717) is 23.2 Å². The molecule has 0 aliphatic carbocycles. The maximum atomic E-state index is 12.9. The Morgan fingerprint density at radius 2 is 1.90 bits per heavy atom. The number of nitrogens with one attached hydrogen (secondary N) is 1. The summed E-state index contributed by atoms with van der Waals surface area (Å²) in [5.41, 5.74) is 3.00. The average Bonchev–Trinajstić information content (AvgIpc) is 3.27. The number of carbonyl (C=O) groups excluding carboxylic acids is 3. The molecule has 0 radical (unpaired) electrons. The van der Waals surface area contributed by atoms with Gasteiger partial charge < -0.3 is 10.1 Å². The van der Waals surface area contributed by atoms with Crippen molar-refractivity contribution < 1.29 is 19.1 Å². The first-order valence-electron chi connectivity index (χ1n) is 10.1. The lowest BCUT2D eigenvalue weighted by atomic mass is 10.1. The van der Waals surface area contributed by atoms with Gasteiger partial charge in [-0.3, -0.25) is 14.5 Å². The highest BCUT2D eigenvalue weighted by atomic mass is 16.6. The van der Waals surface area contributed by atoms with Crippen molar-refractivity contribution in [2.45, 2.75) is 51.3 Å². The molecule has 0 spiro atoms. The van der Waals surface area contributed by atoms with Crippen LogP contribution in [0.4, 0.5) is 5.69 Å². The van der Waals surface area contributed by atoms with Crippen LogP contribution in [0.2, 0.25) is 0 Å². The van der Waals surface area contributed by atoms with Crippen molar-refractivity contribution in [1.29, 1.82) is 0 Å². The summed E-state index contributed by atoms with van der Waals surface area (Å²) < 4.78 is 5.46. The summed E-state index contributed by atoms with van der Waals surface area (Å²) in [6.07, 6.45) is 3.09. The Morgan fingerprint density at radius 1 is 1.14 bits per heavy atom. The van der Waals surface area contributed by atoms with Crippen LogP contribution in [0, 0.1) is 0 Å². The Hall–Kier alpha value is -3.15. The fourth-order valence-electron chi connectivity index (χ4n) is 3.95. The number of likely N-dealkylation sites (tertiary alicyclic amines) is 1. The van der Waals surface area contributed by atoms with Gasteiger partial charge in [-0.25, -0.2) is 4.79 Å². The number of fused-ring (bicyclic) bond motifs is 1. The number of unbranched alkanes of at least 4 members (excludes halogenated alkanes) is 1. The first kappa shape index (κ1) is 19.2. The van der Waals surface area contributed by atoms with E-state index in [-0.39, 0.29) is 18.2 Å². The maximum Gasteiger partial charge on any atom is 0.340 e. The highest BCUT2D eigenvalue weighted by Crippen LogP contribution is 2.38. The zero-order chi connectivity index (χ0) is 20.4. The molecule has 6 heteroatoms. The smallest absolute Gasteiger partial charge is 0.340 e. The molecular weight excluding hydrogens is 368 g/mol. The lowest BCUT2D eigenvalue weighted by Gasteiger charge is -2.29. The molecule has 0 aromatic heterocycles. The number of hydrogen-bond acceptors (Lipinski definition) is 4. The molecule has 1 N–H and O–H groups in total. The van der Waals surface area contributed by atoms with Gasteiger partial charge in [-0.1, -0.05) is 43.7 Å². The van der Waals surface area contributed by atoms with Crippen molar-refractivity contribution >= 4 is 23.5 Å². The third-order valence-electron chi connectivity index (χ3n) is 5.52. The van der Waals surface area contributed by atoms with Crippen molar-refractivity contribution in [3.8, 4) is 0 Å². The zero-order valence-corrected chi connectivity index (χ0v) is 16.4. The van der Waals surface area contributed by atoms with E-state index >= 15 is 0 Å². The van der Waals surface area contributed by atoms with E-state index in [4.69, 9.17) is 4.74 Å². The van der Waals surface area contributed by atoms with Crippen molar-refractivity contribution in [3.63, 3.8) is 0 Å². The number of aryl methyl sites for hydroxylation is 1. The molecule has 150 valence electrons. The second kappa shape index (κ2) is 8.07. The van der Waals surface area contributed by atoms with Gasteiger partial charge in [0.05, 0.1) is 5.56 Å². The molecule has 0 bridgehead atoms. The molecule has 6 nitrogen and oxygen atoms in total. The molecule has 1 fully saturated rings. The molecule has 29 heavy (non-hydrogen) atoms. The molecule has 2 amide bonds. The summed E-state index contributed by atoms with van der Waals surface area (Å²) in [6.45, 7) is 2.16. The van der Waals surface area contributed by atoms with Crippen molar-refractivity contribution in [3.05, 3.63) is 65.2 Å². The number of ether oxygens (including phenoxy) is 1. The van der Waals surface area contributed by atoms with E-state index in [2.05, 4.69) is 12.2 Å². The number of nitrogens with zero attached hydrogens (tertiary/aromatic N) is 1. The van der Waals surface area contributed by atoms with Crippen LogP contribution in [-0.4, -0.2) is 28.7 Å². The molecule has 2 heterocycles. The molecular formula is C23H24N2O4.